The molecule has 6 rings (SSSR count). The Kier molecular flexibility index (Phi) is 8.21. The Morgan fingerprint density at radius 1 is 1.08 bits per heavy atom. The molecule has 5 nitrogen and oxygen atoms in total. The second-order valence-electron chi connectivity index (χ2n) is 12.8. The van der Waals surface area contributed by atoms with Crippen LogP contribution >= 0.6 is 0 Å². The van der Waals surface area contributed by atoms with E-state index in [1.54, 1.807) is 0 Å². The van der Waals surface area contributed by atoms with E-state index in [1.807, 2.05) is 0 Å². The van der Waals surface area contributed by atoms with E-state index in [1.165, 1.54) is 46.2 Å². The van der Waals surface area contributed by atoms with Crippen LogP contribution in [0.1, 0.15) is 87.5 Å². The van der Waals surface area contributed by atoms with Crippen molar-refractivity contribution in [2.75, 3.05) is 26.2 Å². The fraction of sp³-hybridized carbons (Fsp3) is 0.559. The van der Waals surface area contributed by atoms with E-state index in [0.29, 0.717) is 12.0 Å². The molecule has 210 valence electrons. The van der Waals surface area contributed by atoms with Crippen molar-refractivity contribution in [3.63, 3.8) is 0 Å². The quantitative estimate of drug-likeness (QED) is 0.259. The van der Waals surface area contributed by atoms with E-state index in [-0.39, 0.29) is 18.4 Å². The van der Waals surface area contributed by atoms with Crippen molar-refractivity contribution in [1.82, 2.24) is 15.2 Å². The number of aliphatic hydroxyl groups excluding tert-OH is 1. The summed E-state index contributed by atoms with van der Waals surface area (Å²) in [6, 6.07) is 13.8. The van der Waals surface area contributed by atoms with Crippen molar-refractivity contribution in [3.05, 3.63) is 58.7 Å². The second kappa shape index (κ2) is 11.5. The minimum Gasteiger partial charge on any atom is -0.396 e. The topological polar surface area (TPSA) is 68.4 Å². The number of nitrogens with one attached hydrogen (secondary N) is 2. The number of aromatic amines is 1. The number of hydrogen-bond donors (Lipinski definition) is 3. The minimum atomic E-state index is -0.577. The predicted molar refractivity (Wildman–Crippen MR) is 161 cm³/mol. The summed E-state index contributed by atoms with van der Waals surface area (Å²) in [5.74, 6) is 1.23. The third kappa shape index (κ3) is 5.67. The number of benzene rings is 2. The number of piperidine rings is 2. The highest BCUT2D eigenvalue weighted by molar-refractivity contribution is 5.94. The summed E-state index contributed by atoms with van der Waals surface area (Å²) in [5.41, 5.74) is 7.86. The second-order valence-corrected chi connectivity index (χ2v) is 12.8. The lowest BCUT2D eigenvalue weighted by molar-refractivity contribution is -0.144. The van der Waals surface area contributed by atoms with Gasteiger partial charge in [0.05, 0.1) is 11.1 Å². The Balaban J connectivity index is 1.52. The third-order valence-electron chi connectivity index (χ3n) is 9.28. The van der Waals surface area contributed by atoms with E-state index in [0.717, 1.165) is 56.4 Å². The van der Waals surface area contributed by atoms with Gasteiger partial charge in [0.1, 0.15) is 0 Å². The highest BCUT2D eigenvalue weighted by Gasteiger charge is 2.42. The molecule has 5 heteroatoms. The monoisotopic (exact) mass is 529 g/mol. The maximum absolute atomic E-state index is 14.0. The number of aliphatic hydroxyl groups is 1. The number of unbranched alkanes of at least 4 members (excludes halogenated alkanes) is 1. The molecule has 0 radical (unpaired) electrons. The molecule has 1 amide bonds. The van der Waals surface area contributed by atoms with Gasteiger partial charge < -0.3 is 20.3 Å². The zero-order valence-corrected chi connectivity index (χ0v) is 24.6. The van der Waals surface area contributed by atoms with Crippen molar-refractivity contribution in [2.24, 2.45) is 5.92 Å². The largest absolute Gasteiger partial charge is 0.396 e. The molecule has 2 saturated heterocycles. The van der Waals surface area contributed by atoms with Crippen molar-refractivity contribution < 1.29 is 9.90 Å². The molecule has 39 heavy (non-hydrogen) atoms. The Morgan fingerprint density at radius 3 is 2.44 bits per heavy atom. The molecular formula is C34H47N3O2. The van der Waals surface area contributed by atoms with Gasteiger partial charge in [0, 0.05) is 36.6 Å². The number of nitrogens with zero attached hydrogens (tertiary/aromatic N) is 1. The number of aromatic nitrogens is 1. The average molecular weight is 530 g/mol. The van der Waals surface area contributed by atoms with Gasteiger partial charge in [0.2, 0.25) is 5.91 Å². The first kappa shape index (κ1) is 27.9. The zero-order valence-electron chi connectivity index (χ0n) is 24.6. The lowest BCUT2D eigenvalue weighted by Gasteiger charge is -2.47. The SMILES string of the molecule is Cc1cc(C)cc(-c2[nH]c3ccc(C(C)(C)C(=O)N4CC5CCC4CC5)cc3c2[C@H](C)CNCCCCO)c1. The molecule has 0 spiro atoms. The number of rotatable bonds is 10. The molecule has 3 aromatic rings. The normalized spacial score (nSPS) is 20.1. The average Bonchev–Trinajstić information content (AvgIpc) is 3.31. The maximum atomic E-state index is 14.0. The first-order valence-corrected chi connectivity index (χ1v) is 15.1. The van der Waals surface area contributed by atoms with Gasteiger partial charge in [-0.15, -0.1) is 0 Å². The van der Waals surface area contributed by atoms with Crippen molar-refractivity contribution >= 4 is 16.8 Å². The van der Waals surface area contributed by atoms with E-state index in [9.17, 15) is 4.79 Å². The molecule has 1 aliphatic carbocycles. The molecule has 2 aromatic carbocycles. The summed E-state index contributed by atoms with van der Waals surface area (Å²) in [5, 5.41) is 14.0. The van der Waals surface area contributed by atoms with E-state index < -0.39 is 5.41 Å². The molecule has 3 fully saturated rings. The number of carbonyl (C=O) groups is 1. The van der Waals surface area contributed by atoms with Gasteiger partial charge in [-0.25, -0.2) is 0 Å². The number of H-pyrrole nitrogens is 1. The van der Waals surface area contributed by atoms with E-state index >= 15 is 0 Å². The number of amides is 1. The fourth-order valence-electron chi connectivity index (χ4n) is 7.04. The Hall–Kier alpha value is -2.63. The predicted octanol–water partition coefficient (Wildman–Crippen LogP) is 6.60. The van der Waals surface area contributed by atoms with Gasteiger partial charge in [-0.2, -0.15) is 0 Å². The molecule has 3 heterocycles. The highest BCUT2D eigenvalue weighted by atomic mass is 16.3. The maximum Gasteiger partial charge on any atom is 0.232 e. The molecule has 3 N–H and O–H groups in total. The Morgan fingerprint density at radius 2 is 1.79 bits per heavy atom. The summed E-state index contributed by atoms with van der Waals surface area (Å²) in [7, 11) is 0. The van der Waals surface area contributed by atoms with E-state index in [4.69, 9.17) is 5.11 Å². The Bertz CT molecular complexity index is 1300. The van der Waals surface area contributed by atoms with Crippen molar-refractivity contribution in [2.45, 2.75) is 90.5 Å². The molecule has 1 saturated carbocycles. The molecule has 1 aromatic heterocycles. The molecule has 3 aliphatic rings. The van der Waals surface area contributed by atoms with Crippen LogP contribution in [0.25, 0.3) is 22.2 Å². The number of fused-ring (bicyclic) bond motifs is 4. The number of carbonyl (C=O) groups excluding carboxylic acids is 1. The van der Waals surface area contributed by atoms with Crippen LogP contribution in [0.15, 0.2) is 36.4 Å². The van der Waals surface area contributed by atoms with Gasteiger partial charge >= 0.3 is 0 Å². The summed E-state index contributed by atoms with van der Waals surface area (Å²) in [6.07, 6.45) is 6.68. The van der Waals surface area contributed by atoms with Crippen molar-refractivity contribution in [3.8, 4) is 11.3 Å². The summed E-state index contributed by atoms with van der Waals surface area (Å²) in [6.45, 7) is 13.8. The highest BCUT2D eigenvalue weighted by Crippen LogP contribution is 2.41. The zero-order chi connectivity index (χ0) is 27.7. The Labute approximate surface area is 234 Å². The van der Waals surface area contributed by atoms with Gasteiger partial charge in [-0.3, -0.25) is 4.79 Å². The standard InChI is InChI=1S/C34H47N3O2/c1-22-16-23(2)18-26(17-22)32-31(24(3)20-35-14-6-7-15-38)29-19-27(10-13-30(29)36-32)34(4,5)33(39)37-21-25-8-11-28(37)12-9-25/h10,13,16-19,24-25,28,35-36,38H,6-9,11-12,14-15,20-21H2,1-5H3/t24-,25?,28?/m1/s1. The number of aryl methyl sites for hydroxylation is 2. The smallest absolute Gasteiger partial charge is 0.232 e. The van der Waals surface area contributed by atoms with Crippen LogP contribution < -0.4 is 5.32 Å². The van der Waals surface area contributed by atoms with E-state index in [2.05, 4.69) is 86.2 Å². The molecule has 1 atom stereocenters. The van der Waals surface area contributed by atoms with Gasteiger partial charge in [-0.1, -0.05) is 30.2 Å². The molecule has 0 unspecified atom stereocenters. The molecule has 2 aliphatic heterocycles. The minimum absolute atomic E-state index is 0.243. The molecule has 2 bridgehead atoms. The fourth-order valence-corrected chi connectivity index (χ4v) is 7.04. The first-order valence-electron chi connectivity index (χ1n) is 15.1. The van der Waals surface area contributed by atoms with Gasteiger partial charge in [0.15, 0.2) is 0 Å². The van der Waals surface area contributed by atoms with Crippen LogP contribution in [0.4, 0.5) is 0 Å². The summed E-state index contributed by atoms with van der Waals surface area (Å²) in [4.78, 5) is 20.0. The van der Waals surface area contributed by atoms with Crippen molar-refractivity contribution in [1.29, 1.82) is 0 Å². The van der Waals surface area contributed by atoms with Gasteiger partial charge in [0.25, 0.3) is 0 Å². The molecular weight excluding hydrogens is 482 g/mol. The first-order chi connectivity index (χ1) is 18.7. The summed E-state index contributed by atoms with van der Waals surface area (Å²) >= 11 is 0. The van der Waals surface area contributed by atoms with Gasteiger partial charge in [-0.05, 0) is 126 Å². The van der Waals surface area contributed by atoms with Crippen LogP contribution in [-0.4, -0.2) is 53.2 Å². The van der Waals surface area contributed by atoms with Crippen LogP contribution in [0.2, 0.25) is 0 Å². The van der Waals surface area contributed by atoms with Crippen LogP contribution in [-0.2, 0) is 10.2 Å². The summed E-state index contributed by atoms with van der Waals surface area (Å²) < 4.78 is 0. The lowest BCUT2D eigenvalue weighted by Crippen LogP contribution is -2.55. The van der Waals surface area contributed by atoms with Crippen LogP contribution in [0, 0.1) is 19.8 Å². The van der Waals surface area contributed by atoms with Crippen LogP contribution in [0.5, 0.6) is 0 Å². The third-order valence-corrected chi connectivity index (χ3v) is 9.28. The van der Waals surface area contributed by atoms with Crippen LogP contribution in [0.3, 0.4) is 0 Å². The lowest BCUT2D eigenvalue weighted by atomic mass is 9.76. The number of hydrogen-bond acceptors (Lipinski definition) is 3.